The smallest absolute Gasteiger partial charge is 0.0841 e. The predicted octanol–water partition coefficient (Wildman–Crippen LogP) is 1.98. The molecule has 3 heterocycles. The van der Waals surface area contributed by atoms with Crippen LogP contribution in [-0.2, 0) is 18.3 Å². The Balaban J connectivity index is 1.52. The third-order valence-corrected chi connectivity index (χ3v) is 4.47. The molecule has 4 rings (SSSR count). The normalized spacial score (nSPS) is 29.4. The molecule has 2 aromatic rings. The zero-order valence-electron chi connectivity index (χ0n) is 11.2. The van der Waals surface area contributed by atoms with E-state index >= 15 is 0 Å². The summed E-state index contributed by atoms with van der Waals surface area (Å²) in [4.78, 5) is 0. The van der Waals surface area contributed by atoms with Crippen LogP contribution in [0.15, 0.2) is 24.3 Å². The first-order valence-corrected chi connectivity index (χ1v) is 7.11. The fourth-order valence-electron chi connectivity index (χ4n) is 3.50. The second-order valence-corrected chi connectivity index (χ2v) is 5.68. The van der Waals surface area contributed by atoms with Gasteiger partial charge >= 0.3 is 0 Å². The van der Waals surface area contributed by atoms with Crippen LogP contribution >= 0.6 is 0 Å². The Morgan fingerprint density at radius 3 is 3.05 bits per heavy atom. The fourth-order valence-corrected chi connectivity index (χ4v) is 3.50. The number of benzene rings is 1. The van der Waals surface area contributed by atoms with Crippen molar-refractivity contribution < 1.29 is 4.74 Å². The molecule has 3 unspecified atom stereocenters. The summed E-state index contributed by atoms with van der Waals surface area (Å²) >= 11 is 0. The average Bonchev–Trinajstić information content (AvgIpc) is 3.12. The first kappa shape index (κ1) is 11.4. The quantitative estimate of drug-likeness (QED) is 0.914. The van der Waals surface area contributed by atoms with E-state index in [2.05, 4.69) is 34.7 Å². The van der Waals surface area contributed by atoms with Crippen molar-refractivity contribution in [3.63, 3.8) is 0 Å². The first-order chi connectivity index (χ1) is 9.31. The lowest BCUT2D eigenvalue weighted by atomic mass is 9.95. The van der Waals surface area contributed by atoms with Gasteiger partial charge in [-0.2, -0.15) is 5.10 Å². The summed E-state index contributed by atoms with van der Waals surface area (Å²) in [5.41, 5.74) is 2.34. The van der Waals surface area contributed by atoms with E-state index in [1.165, 1.54) is 23.7 Å². The topological polar surface area (TPSA) is 39.1 Å². The molecular formula is C15H19N3O. The van der Waals surface area contributed by atoms with Crippen LogP contribution in [0.3, 0.4) is 0 Å². The third kappa shape index (κ3) is 1.86. The third-order valence-electron chi connectivity index (χ3n) is 4.47. The van der Waals surface area contributed by atoms with Crippen molar-refractivity contribution in [2.75, 3.05) is 0 Å². The van der Waals surface area contributed by atoms with E-state index in [1.54, 1.807) is 0 Å². The van der Waals surface area contributed by atoms with Crippen LogP contribution in [0.2, 0.25) is 0 Å². The Morgan fingerprint density at radius 1 is 1.37 bits per heavy atom. The van der Waals surface area contributed by atoms with Gasteiger partial charge in [-0.25, -0.2) is 0 Å². The molecule has 100 valence electrons. The molecule has 0 spiro atoms. The van der Waals surface area contributed by atoms with Gasteiger partial charge < -0.3 is 10.1 Å². The van der Waals surface area contributed by atoms with Gasteiger partial charge in [-0.1, -0.05) is 18.2 Å². The summed E-state index contributed by atoms with van der Waals surface area (Å²) in [7, 11) is 2.01. The molecule has 4 nitrogen and oxygen atoms in total. The van der Waals surface area contributed by atoms with Crippen LogP contribution in [-0.4, -0.2) is 28.0 Å². The van der Waals surface area contributed by atoms with Crippen LogP contribution in [0.4, 0.5) is 0 Å². The molecule has 3 atom stereocenters. The molecule has 4 heteroatoms. The van der Waals surface area contributed by atoms with E-state index in [4.69, 9.17) is 4.74 Å². The minimum absolute atomic E-state index is 0.431. The maximum absolute atomic E-state index is 5.88. The Bertz CT molecular complexity index is 606. The Kier molecular flexibility index (Phi) is 2.60. The molecule has 2 aliphatic rings. The molecule has 0 amide bonds. The van der Waals surface area contributed by atoms with Gasteiger partial charge in [0.15, 0.2) is 0 Å². The highest BCUT2D eigenvalue weighted by Gasteiger charge is 2.40. The lowest BCUT2D eigenvalue weighted by Crippen LogP contribution is -2.37. The van der Waals surface area contributed by atoms with E-state index in [-0.39, 0.29) is 0 Å². The largest absolute Gasteiger partial charge is 0.373 e. The molecular weight excluding hydrogens is 238 g/mol. The SMILES string of the molecule is Cn1nc(CNC2CC3CCC2O3)c2ccccc21. The second-order valence-electron chi connectivity index (χ2n) is 5.68. The van der Waals surface area contributed by atoms with Gasteiger partial charge in [-0.15, -0.1) is 0 Å². The Labute approximate surface area is 112 Å². The van der Waals surface area contributed by atoms with Gasteiger partial charge in [0.1, 0.15) is 0 Å². The van der Waals surface area contributed by atoms with E-state index in [0.29, 0.717) is 18.2 Å². The van der Waals surface area contributed by atoms with Crippen LogP contribution in [0.1, 0.15) is 25.0 Å². The number of ether oxygens (including phenoxy) is 1. The molecule has 1 aromatic carbocycles. The van der Waals surface area contributed by atoms with E-state index in [1.807, 2.05) is 11.7 Å². The number of rotatable bonds is 3. The molecule has 2 bridgehead atoms. The zero-order chi connectivity index (χ0) is 12.8. The number of para-hydroxylation sites is 1. The summed E-state index contributed by atoms with van der Waals surface area (Å²) in [6.07, 6.45) is 4.55. The van der Waals surface area contributed by atoms with Crippen LogP contribution in [0.5, 0.6) is 0 Å². The van der Waals surface area contributed by atoms with E-state index in [0.717, 1.165) is 18.7 Å². The zero-order valence-corrected chi connectivity index (χ0v) is 11.2. The Hall–Kier alpha value is -1.39. The number of aromatic nitrogens is 2. The van der Waals surface area contributed by atoms with Gasteiger partial charge in [0.05, 0.1) is 23.4 Å². The van der Waals surface area contributed by atoms with Crippen LogP contribution < -0.4 is 5.32 Å². The summed E-state index contributed by atoms with van der Waals surface area (Å²) < 4.78 is 7.84. The molecule has 0 saturated carbocycles. The molecule has 2 saturated heterocycles. The maximum atomic E-state index is 5.88. The lowest BCUT2D eigenvalue weighted by Gasteiger charge is -2.19. The van der Waals surface area contributed by atoms with Crippen molar-refractivity contribution >= 4 is 10.9 Å². The van der Waals surface area contributed by atoms with Crippen LogP contribution in [0, 0.1) is 0 Å². The number of aryl methyl sites for hydroxylation is 1. The average molecular weight is 257 g/mol. The highest BCUT2D eigenvalue weighted by atomic mass is 16.5. The van der Waals surface area contributed by atoms with E-state index < -0.39 is 0 Å². The molecule has 19 heavy (non-hydrogen) atoms. The minimum atomic E-state index is 0.431. The van der Waals surface area contributed by atoms with Crippen molar-refractivity contribution in [1.82, 2.24) is 15.1 Å². The van der Waals surface area contributed by atoms with Gasteiger partial charge in [0, 0.05) is 25.0 Å². The summed E-state index contributed by atoms with van der Waals surface area (Å²) in [5.74, 6) is 0. The van der Waals surface area contributed by atoms with E-state index in [9.17, 15) is 0 Å². The monoisotopic (exact) mass is 257 g/mol. The van der Waals surface area contributed by atoms with Crippen molar-refractivity contribution in [3.8, 4) is 0 Å². The first-order valence-electron chi connectivity index (χ1n) is 7.11. The lowest BCUT2D eigenvalue weighted by molar-refractivity contribution is 0.0972. The van der Waals surface area contributed by atoms with Gasteiger partial charge in [-0.05, 0) is 25.3 Å². The molecule has 2 fully saturated rings. The molecule has 1 N–H and O–H groups in total. The van der Waals surface area contributed by atoms with Crippen LogP contribution in [0.25, 0.3) is 10.9 Å². The highest BCUT2D eigenvalue weighted by Crippen LogP contribution is 2.34. The van der Waals surface area contributed by atoms with Gasteiger partial charge in [0.25, 0.3) is 0 Å². The fraction of sp³-hybridized carbons (Fsp3) is 0.533. The Morgan fingerprint density at radius 2 is 2.26 bits per heavy atom. The molecule has 0 radical (unpaired) electrons. The maximum Gasteiger partial charge on any atom is 0.0841 e. The number of hydrogen-bond acceptors (Lipinski definition) is 3. The summed E-state index contributed by atoms with van der Waals surface area (Å²) in [6, 6.07) is 8.92. The molecule has 0 aliphatic carbocycles. The van der Waals surface area contributed by atoms with Crippen molar-refractivity contribution in [2.45, 2.75) is 44.1 Å². The number of nitrogens with zero attached hydrogens (tertiary/aromatic N) is 2. The van der Waals surface area contributed by atoms with Crippen molar-refractivity contribution in [3.05, 3.63) is 30.0 Å². The second kappa shape index (κ2) is 4.32. The summed E-state index contributed by atoms with van der Waals surface area (Å²) in [5, 5.41) is 9.51. The number of fused-ring (bicyclic) bond motifs is 3. The minimum Gasteiger partial charge on any atom is -0.373 e. The number of nitrogens with one attached hydrogen (secondary N) is 1. The molecule has 1 aromatic heterocycles. The number of hydrogen-bond donors (Lipinski definition) is 1. The van der Waals surface area contributed by atoms with Gasteiger partial charge in [0.2, 0.25) is 0 Å². The van der Waals surface area contributed by atoms with Crippen molar-refractivity contribution in [2.24, 2.45) is 7.05 Å². The summed E-state index contributed by atoms with van der Waals surface area (Å²) in [6.45, 7) is 0.832. The predicted molar refractivity (Wildman–Crippen MR) is 73.9 cm³/mol. The van der Waals surface area contributed by atoms with Crippen molar-refractivity contribution in [1.29, 1.82) is 0 Å². The standard InChI is InChI=1S/C15H19N3O/c1-18-14-5-3-2-4-11(14)13(17-18)9-16-12-8-10-6-7-15(12)19-10/h2-5,10,12,15-16H,6-9H2,1H3. The highest BCUT2D eigenvalue weighted by molar-refractivity contribution is 5.81. The molecule has 2 aliphatic heterocycles. The van der Waals surface area contributed by atoms with Gasteiger partial charge in [-0.3, -0.25) is 4.68 Å².